The van der Waals surface area contributed by atoms with Gasteiger partial charge >= 0.3 is 0 Å². The molecule has 110 valence electrons. The van der Waals surface area contributed by atoms with Gasteiger partial charge in [-0.05, 0) is 37.8 Å². The standard InChI is InChI=1S/C16H22O3S/c17-16(9-10-19-13-5-2-1-3-6-13)11-14-7-4-8-15(12-16)20(14)18/h1-3,5-6,14-15,17H,4,7-12H2. The Kier molecular flexibility index (Phi) is 4.13. The Bertz CT molecular complexity index is 458. The summed E-state index contributed by atoms with van der Waals surface area (Å²) in [5.74, 6) is 0.843. The quantitative estimate of drug-likeness (QED) is 0.928. The lowest BCUT2D eigenvalue weighted by Gasteiger charge is -2.43. The molecule has 2 atom stereocenters. The van der Waals surface area contributed by atoms with E-state index in [0.29, 0.717) is 25.9 Å². The molecule has 2 aliphatic rings. The maximum Gasteiger partial charge on any atom is 0.119 e. The second kappa shape index (κ2) is 5.86. The highest BCUT2D eigenvalue weighted by Crippen LogP contribution is 2.40. The predicted octanol–water partition coefficient (Wildman–Crippen LogP) is 2.65. The summed E-state index contributed by atoms with van der Waals surface area (Å²) in [6.07, 6.45) is 5.15. The number of ether oxygens (including phenoxy) is 1. The highest BCUT2D eigenvalue weighted by atomic mass is 32.2. The van der Waals surface area contributed by atoms with E-state index in [-0.39, 0.29) is 10.5 Å². The molecule has 1 N–H and O–H groups in total. The van der Waals surface area contributed by atoms with Crippen LogP contribution in [0.15, 0.2) is 30.3 Å². The zero-order valence-corrected chi connectivity index (χ0v) is 12.5. The molecular weight excluding hydrogens is 272 g/mol. The lowest BCUT2D eigenvalue weighted by Crippen LogP contribution is -2.49. The second-order valence-corrected chi connectivity index (χ2v) is 8.04. The first-order valence-electron chi connectivity index (χ1n) is 7.46. The minimum atomic E-state index is -0.725. The Morgan fingerprint density at radius 1 is 1.20 bits per heavy atom. The van der Waals surface area contributed by atoms with Crippen molar-refractivity contribution in [1.82, 2.24) is 0 Å². The van der Waals surface area contributed by atoms with Crippen molar-refractivity contribution in [3.8, 4) is 5.75 Å². The number of benzene rings is 1. The lowest BCUT2D eigenvalue weighted by molar-refractivity contribution is -0.00713. The summed E-state index contributed by atoms with van der Waals surface area (Å²) in [6.45, 7) is 0.520. The van der Waals surface area contributed by atoms with Crippen molar-refractivity contribution >= 4 is 10.8 Å². The summed E-state index contributed by atoms with van der Waals surface area (Å²) in [4.78, 5) is 0. The first kappa shape index (κ1) is 14.1. The van der Waals surface area contributed by atoms with Gasteiger partial charge in [0.1, 0.15) is 5.75 Å². The number of rotatable bonds is 4. The van der Waals surface area contributed by atoms with Gasteiger partial charge < -0.3 is 9.84 Å². The van der Waals surface area contributed by atoms with Gasteiger partial charge in [0.25, 0.3) is 0 Å². The number of hydrogen-bond donors (Lipinski definition) is 1. The van der Waals surface area contributed by atoms with Gasteiger partial charge in [-0.15, -0.1) is 0 Å². The van der Waals surface area contributed by atoms with Crippen LogP contribution in [0.4, 0.5) is 0 Å². The van der Waals surface area contributed by atoms with Gasteiger partial charge in [-0.3, -0.25) is 4.21 Å². The Labute approximate surface area is 122 Å². The van der Waals surface area contributed by atoms with E-state index in [0.717, 1.165) is 25.0 Å². The summed E-state index contributed by atoms with van der Waals surface area (Å²) in [5.41, 5.74) is -0.682. The smallest absolute Gasteiger partial charge is 0.119 e. The Hall–Kier alpha value is -0.870. The molecule has 2 fully saturated rings. The summed E-state index contributed by atoms with van der Waals surface area (Å²) in [5, 5.41) is 11.2. The van der Waals surface area contributed by atoms with E-state index < -0.39 is 16.4 Å². The predicted molar refractivity (Wildman–Crippen MR) is 80.3 cm³/mol. The molecule has 2 bridgehead atoms. The Balaban J connectivity index is 1.56. The molecule has 0 saturated carbocycles. The van der Waals surface area contributed by atoms with Crippen molar-refractivity contribution in [2.45, 2.75) is 54.6 Å². The van der Waals surface area contributed by atoms with Crippen LogP contribution >= 0.6 is 0 Å². The van der Waals surface area contributed by atoms with Crippen LogP contribution in [-0.2, 0) is 10.8 Å². The Morgan fingerprint density at radius 2 is 1.85 bits per heavy atom. The van der Waals surface area contributed by atoms with E-state index in [4.69, 9.17) is 4.74 Å². The third-order valence-electron chi connectivity index (χ3n) is 4.50. The van der Waals surface area contributed by atoms with Crippen molar-refractivity contribution < 1.29 is 14.1 Å². The third kappa shape index (κ3) is 3.07. The SMILES string of the molecule is O=S1C2CCCC1CC(O)(CCOc1ccccc1)C2. The van der Waals surface area contributed by atoms with E-state index in [1.807, 2.05) is 30.3 Å². The third-order valence-corrected chi connectivity index (χ3v) is 6.62. The number of aliphatic hydroxyl groups is 1. The minimum absolute atomic E-state index is 0.198. The highest BCUT2D eigenvalue weighted by molar-refractivity contribution is 7.86. The first-order chi connectivity index (χ1) is 9.66. The van der Waals surface area contributed by atoms with Gasteiger partial charge in [0.2, 0.25) is 0 Å². The maximum absolute atomic E-state index is 12.2. The van der Waals surface area contributed by atoms with Crippen molar-refractivity contribution in [2.24, 2.45) is 0 Å². The van der Waals surface area contributed by atoms with Crippen molar-refractivity contribution in [3.63, 3.8) is 0 Å². The monoisotopic (exact) mass is 294 g/mol. The summed E-state index contributed by atoms with van der Waals surface area (Å²) >= 11 is 0. The number of para-hydroxylation sites is 1. The molecule has 2 aliphatic heterocycles. The Morgan fingerprint density at radius 3 is 2.50 bits per heavy atom. The van der Waals surface area contributed by atoms with Crippen LogP contribution in [0.2, 0.25) is 0 Å². The van der Waals surface area contributed by atoms with Gasteiger partial charge in [-0.1, -0.05) is 24.6 Å². The fraction of sp³-hybridized carbons (Fsp3) is 0.625. The summed E-state index contributed by atoms with van der Waals surface area (Å²) in [7, 11) is -0.725. The fourth-order valence-corrected chi connectivity index (χ4v) is 5.75. The molecule has 1 aromatic rings. The summed E-state index contributed by atoms with van der Waals surface area (Å²) in [6, 6.07) is 9.69. The van der Waals surface area contributed by atoms with Crippen LogP contribution in [0.5, 0.6) is 5.75 Å². The van der Waals surface area contributed by atoms with E-state index in [1.54, 1.807) is 0 Å². The van der Waals surface area contributed by atoms with Gasteiger partial charge in [0, 0.05) is 27.7 Å². The molecule has 3 rings (SSSR count). The average Bonchev–Trinajstić information content (AvgIpc) is 2.42. The van der Waals surface area contributed by atoms with Crippen molar-refractivity contribution in [2.75, 3.05) is 6.61 Å². The van der Waals surface area contributed by atoms with Gasteiger partial charge in [0.15, 0.2) is 0 Å². The molecule has 0 spiro atoms. The van der Waals surface area contributed by atoms with Crippen LogP contribution in [0, 0.1) is 0 Å². The zero-order chi connectivity index (χ0) is 14.0. The molecule has 0 aromatic heterocycles. The second-order valence-electron chi connectivity index (χ2n) is 6.05. The zero-order valence-electron chi connectivity index (χ0n) is 11.7. The van der Waals surface area contributed by atoms with Crippen LogP contribution in [-0.4, -0.2) is 32.0 Å². The van der Waals surface area contributed by atoms with Gasteiger partial charge in [-0.2, -0.15) is 0 Å². The average molecular weight is 294 g/mol. The normalized spacial score (nSPS) is 36.5. The minimum Gasteiger partial charge on any atom is -0.493 e. The molecule has 2 unspecified atom stereocenters. The molecule has 4 heteroatoms. The molecular formula is C16H22O3S. The van der Waals surface area contributed by atoms with Crippen LogP contribution < -0.4 is 4.74 Å². The molecule has 0 radical (unpaired) electrons. The number of fused-ring (bicyclic) bond motifs is 2. The maximum atomic E-state index is 12.2. The topological polar surface area (TPSA) is 46.5 Å². The van der Waals surface area contributed by atoms with E-state index in [2.05, 4.69) is 0 Å². The summed E-state index contributed by atoms with van der Waals surface area (Å²) < 4.78 is 17.8. The van der Waals surface area contributed by atoms with Crippen molar-refractivity contribution in [1.29, 1.82) is 0 Å². The molecule has 0 amide bonds. The van der Waals surface area contributed by atoms with Crippen LogP contribution in [0.1, 0.15) is 38.5 Å². The largest absolute Gasteiger partial charge is 0.493 e. The molecule has 1 aromatic carbocycles. The van der Waals surface area contributed by atoms with Crippen LogP contribution in [0.25, 0.3) is 0 Å². The van der Waals surface area contributed by atoms with E-state index in [9.17, 15) is 9.32 Å². The van der Waals surface area contributed by atoms with E-state index >= 15 is 0 Å². The molecule has 20 heavy (non-hydrogen) atoms. The lowest BCUT2D eigenvalue weighted by atomic mass is 9.83. The molecule has 2 heterocycles. The molecule has 3 nitrogen and oxygen atoms in total. The molecule has 0 aliphatic carbocycles. The van der Waals surface area contributed by atoms with Gasteiger partial charge in [-0.25, -0.2) is 0 Å². The fourth-order valence-electron chi connectivity index (χ4n) is 3.46. The highest BCUT2D eigenvalue weighted by Gasteiger charge is 2.45. The van der Waals surface area contributed by atoms with Gasteiger partial charge in [0.05, 0.1) is 12.2 Å². The molecule has 2 saturated heterocycles. The van der Waals surface area contributed by atoms with E-state index in [1.165, 1.54) is 0 Å². The number of hydrogen-bond acceptors (Lipinski definition) is 3. The first-order valence-corrected chi connectivity index (χ1v) is 8.73. The van der Waals surface area contributed by atoms with Crippen molar-refractivity contribution in [3.05, 3.63) is 30.3 Å². The van der Waals surface area contributed by atoms with Crippen LogP contribution in [0.3, 0.4) is 0 Å².